The van der Waals surface area contributed by atoms with Crippen LogP contribution in [0.1, 0.15) is 23.6 Å². The van der Waals surface area contributed by atoms with Crippen molar-refractivity contribution in [1.82, 2.24) is 10.6 Å². The number of nitrogens with one attached hydrogen (secondary N) is 3. The van der Waals surface area contributed by atoms with Gasteiger partial charge in [-0.2, -0.15) is 0 Å². The van der Waals surface area contributed by atoms with Crippen molar-refractivity contribution in [3.63, 3.8) is 0 Å². The molecule has 0 spiro atoms. The molecule has 7 nitrogen and oxygen atoms in total. The first kappa shape index (κ1) is 23.0. The molecule has 3 N–H and O–H groups in total. The van der Waals surface area contributed by atoms with Crippen LogP contribution in [0.25, 0.3) is 0 Å². The summed E-state index contributed by atoms with van der Waals surface area (Å²) < 4.78 is 5.18. The van der Waals surface area contributed by atoms with E-state index >= 15 is 0 Å². The Bertz CT molecular complexity index is 919. The monoisotopic (exact) mass is 460 g/mol. The number of amidine groups is 1. The molecule has 1 heterocycles. The Morgan fingerprint density at radius 1 is 1.13 bits per heavy atom. The van der Waals surface area contributed by atoms with Crippen LogP contribution in [0.15, 0.2) is 53.5 Å². The second-order valence-corrected chi connectivity index (χ2v) is 8.24. The molecule has 1 aliphatic heterocycles. The first-order valence-electron chi connectivity index (χ1n) is 9.91. The van der Waals surface area contributed by atoms with E-state index in [4.69, 9.17) is 16.3 Å². The van der Waals surface area contributed by atoms with Crippen molar-refractivity contribution in [2.45, 2.75) is 18.9 Å². The van der Waals surface area contributed by atoms with Gasteiger partial charge in [-0.05, 0) is 41.8 Å². The molecule has 164 valence electrons. The fourth-order valence-corrected chi connectivity index (χ4v) is 4.03. The van der Waals surface area contributed by atoms with E-state index in [1.54, 1.807) is 18.9 Å². The van der Waals surface area contributed by atoms with Crippen molar-refractivity contribution in [3.05, 3.63) is 59.7 Å². The lowest BCUT2D eigenvalue weighted by atomic mass is 10.1. The summed E-state index contributed by atoms with van der Waals surface area (Å²) in [5.74, 6) is 1.91. The molecule has 0 bridgehead atoms. The number of anilines is 1. The van der Waals surface area contributed by atoms with Crippen LogP contribution in [-0.2, 0) is 11.2 Å². The van der Waals surface area contributed by atoms with E-state index in [0.717, 1.165) is 22.6 Å². The second kappa shape index (κ2) is 11.6. The molecule has 2 aromatic rings. The fourth-order valence-electron chi connectivity index (χ4n) is 2.97. The summed E-state index contributed by atoms with van der Waals surface area (Å²) >= 11 is 7.09. The first-order chi connectivity index (χ1) is 15.1. The molecule has 3 amide bonds. The highest BCUT2D eigenvalue weighted by Gasteiger charge is 2.21. The zero-order valence-corrected chi connectivity index (χ0v) is 18.8. The molecule has 1 aliphatic rings. The normalized spacial score (nSPS) is 15.2. The largest absolute Gasteiger partial charge is 0.497 e. The van der Waals surface area contributed by atoms with Gasteiger partial charge in [0.05, 0.1) is 13.2 Å². The number of carbonyl (C=O) groups excluding carboxylic acids is 2. The molecule has 2 aromatic carbocycles. The minimum atomic E-state index is -0.296. The summed E-state index contributed by atoms with van der Waals surface area (Å²) in [5.41, 5.74) is 2.79. The van der Waals surface area contributed by atoms with Crippen molar-refractivity contribution in [1.29, 1.82) is 0 Å². The summed E-state index contributed by atoms with van der Waals surface area (Å²) in [6.45, 7) is 0.408. The number of methoxy groups -OCH3 is 1. The molecule has 31 heavy (non-hydrogen) atoms. The van der Waals surface area contributed by atoms with Gasteiger partial charge in [0.25, 0.3) is 0 Å². The van der Waals surface area contributed by atoms with Gasteiger partial charge < -0.3 is 20.7 Å². The van der Waals surface area contributed by atoms with Gasteiger partial charge in [-0.1, -0.05) is 36.0 Å². The Morgan fingerprint density at radius 2 is 1.87 bits per heavy atom. The van der Waals surface area contributed by atoms with Gasteiger partial charge in [-0.15, -0.1) is 11.6 Å². The molecule has 0 fully saturated rings. The number of amides is 3. The summed E-state index contributed by atoms with van der Waals surface area (Å²) in [5, 5.41) is 8.92. The number of hydrogen-bond donors (Lipinski definition) is 3. The molecular formula is C22H25ClN4O3S. The van der Waals surface area contributed by atoms with Gasteiger partial charge in [0.1, 0.15) is 5.75 Å². The Kier molecular flexibility index (Phi) is 8.61. The van der Waals surface area contributed by atoms with Crippen LogP contribution in [0.5, 0.6) is 5.75 Å². The van der Waals surface area contributed by atoms with Crippen LogP contribution in [0.4, 0.5) is 10.5 Å². The summed E-state index contributed by atoms with van der Waals surface area (Å²) in [6, 6.07) is 15.0. The summed E-state index contributed by atoms with van der Waals surface area (Å²) in [6.07, 6.45) is 0.959. The van der Waals surface area contributed by atoms with E-state index in [1.165, 1.54) is 0 Å². The van der Waals surface area contributed by atoms with Crippen molar-refractivity contribution >= 4 is 46.2 Å². The predicted octanol–water partition coefficient (Wildman–Crippen LogP) is 3.95. The molecule has 0 radical (unpaired) electrons. The number of rotatable bonds is 8. The number of carbonyl (C=O) groups is 2. The van der Waals surface area contributed by atoms with Crippen LogP contribution >= 0.6 is 23.4 Å². The van der Waals surface area contributed by atoms with E-state index in [1.807, 2.05) is 48.5 Å². The van der Waals surface area contributed by atoms with Crippen LogP contribution in [-0.4, -0.2) is 42.4 Å². The fraction of sp³-hybridized carbons (Fsp3) is 0.318. The molecule has 0 aromatic heterocycles. The first-order valence-corrected chi connectivity index (χ1v) is 11.4. The third-order valence-electron chi connectivity index (χ3n) is 4.63. The van der Waals surface area contributed by atoms with Crippen LogP contribution in [0.2, 0.25) is 0 Å². The predicted molar refractivity (Wildman–Crippen MR) is 126 cm³/mol. The minimum absolute atomic E-state index is 0.0351. The van der Waals surface area contributed by atoms with Gasteiger partial charge in [-0.25, -0.2) is 4.79 Å². The van der Waals surface area contributed by atoms with E-state index in [9.17, 15) is 9.59 Å². The van der Waals surface area contributed by atoms with Crippen LogP contribution in [0.3, 0.4) is 0 Å². The smallest absolute Gasteiger partial charge is 0.319 e. The zero-order chi connectivity index (χ0) is 22.1. The number of ether oxygens (including phenoxy) is 1. The van der Waals surface area contributed by atoms with Gasteiger partial charge in [0.2, 0.25) is 5.91 Å². The third kappa shape index (κ3) is 7.18. The number of hydrogen-bond acceptors (Lipinski definition) is 5. The molecule has 3 rings (SSSR count). The van der Waals surface area contributed by atoms with Crippen LogP contribution in [0, 0.1) is 0 Å². The molecule has 0 aliphatic carbocycles. The number of alkyl halides is 1. The van der Waals surface area contributed by atoms with Crippen molar-refractivity contribution in [2.75, 3.05) is 30.6 Å². The average Bonchev–Trinajstić information content (AvgIpc) is 3.25. The Balaban J connectivity index is 1.44. The van der Waals surface area contributed by atoms with E-state index in [2.05, 4.69) is 20.9 Å². The van der Waals surface area contributed by atoms with E-state index in [0.29, 0.717) is 36.1 Å². The second-order valence-electron chi connectivity index (χ2n) is 6.85. The number of thioether (sulfide) groups is 1. The van der Waals surface area contributed by atoms with Gasteiger partial charge >= 0.3 is 6.03 Å². The Labute approximate surface area is 191 Å². The quantitative estimate of drug-likeness (QED) is 0.520. The Morgan fingerprint density at radius 3 is 2.55 bits per heavy atom. The lowest BCUT2D eigenvalue weighted by Crippen LogP contribution is -2.30. The topological polar surface area (TPSA) is 91.8 Å². The highest BCUT2D eigenvalue weighted by Crippen LogP contribution is 2.30. The van der Waals surface area contributed by atoms with Gasteiger partial charge in [0, 0.05) is 30.3 Å². The van der Waals surface area contributed by atoms with E-state index in [-0.39, 0.29) is 18.0 Å². The maximum Gasteiger partial charge on any atom is 0.319 e. The highest BCUT2D eigenvalue weighted by molar-refractivity contribution is 8.14. The third-order valence-corrected chi connectivity index (χ3v) is 5.78. The molecule has 1 atom stereocenters. The maximum absolute atomic E-state index is 12.3. The summed E-state index contributed by atoms with van der Waals surface area (Å²) in [4.78, 5) is 28.6. The Hall–Kier alpha value is -2.71. The lowest BCUT2D eigenvalue weighted by molar-refractivity contribution is -0.119. The SMILES string of the molecule is COc1ccc(C2CSC(NC(=O)CCc3ccc(NC(=O)NCCCl)cc3)=N2)cc1. The van der Waals surface area contributed by atoms with Crippen LogP contribution < -0.4 is 20.7 Å². The molecule has 1 unspecified atom stereocenters. The molecule has 0 saturated heterocycles. The van der Waals surface area contributed by atoms with Gasteiger partial charge in [0.15, 0.2) is 5.17 Å². The molecular weight excluding hydrogens is 436 g/mol. The molecule has 0 saturated carbocycles. The molecule has 9 heteroatoms. The number of nitrogens with zero attached hydrogens (tertiary/aromatic N) is 1. The highest BCUT2D eigenvalue weighted by atomic mass is 35.5. The maximum atomic E-state index is 12.3. The lowest BCUT2D eigenvalue weighted by Gasteiger charge is -2.08. The number of aryl methyl sites for hydroxylation is 1. The number of aliphatic imine (C=N–C) groups is 1. The van der Waals surface area contributed by atoms with Crippen molar-refractivity contribution in [3.8, 4) is 5.75 Å². The average molecular weight is 461 g/mol. The minimum Gasteiger partial charge on any atom is -0.497 e. The van der Waals surface area contributed by atoms with E-state index < -0.39 is 0 Å². The van der Waals surface area contributed by atoms with Crippen molar-refractivity contribution in [2.24, 2.45) is 4.99 Å². The number of benzene rings is 2. The van der Waals surface area contributed by atoms with Gasteiger partial charge in [-0.3, -0.25) is 9.79 Å². The standard InChI is InChI=1S/C22H25ClN4O3S/c1-30-18-9-5-16(6-10-18)19-14-31-22(26-19)27-20(28)11-4-15-2-7-17(8-3-15)25-21(29)24-13-12-23/h2-3,5-10,19H,4,11-14H2,1H3,(H2,24,25,29)(H,26,27,28). The van der Waals surface area contributed by atoms with Crippen molar-refractivity contribution < 1.29 is 14.3 Å². The number of urea groups is 1. The summed E-state index contributed by atoms with van der Waals surface area (Å²) in [7, 11) is 1.64. The zero-order valence-electron chi connectivity index (χ0n) is 17.2. The number of halogens is 1.